The van der Waals surface area contributed by atoms with Crippen LogP contribution >= 0.6 is 0 Å². The van der Waals surface area contributed by atoms with Crippen molar-refractivity contribution in [2.45, 2.75) is 39.5 Å². The van der Waals surface area contributed by atoms with E-state index in [4.69, 9.17) is 4.98 Å². The van der Waals surface area contributed by atoms with Gasteiger partial charge in [0.1, 0.15) is 5.82 Å². The van der Waals surface area contributed by atoms with Gasteiger partial charge in [0.25, 0.3) is 0 Å². The van der Waals surface area contributed by atoms with Crippen LogP contribution in [-0.4, -0.2) is 14.0 Å². The van der Waals surface area contributed by atoms with Crippen molar-refractivity contribution < 1.29 is 0 Å². The molecule has 0 fully saturated rings. The highest BCUT2D eigenvalue weighted by Gasteiger charge is 2.24. The average molecular weight is 622 g/mol. The Morgan fingerprint density at radius 2 is 1.15 bits per heavy atom. The van der Waals surface area contributed by atoms with E-state index in [9.17, 15) is 4.79 Å². The van der Waals surface area contributed by atoms with Gasteiger partial charge < -0.3 is 4.40 Å². The van der Waals surface area contributed by atoms with Gasteiger partial charge in [-0.15, -0.1) is 0 Å². The quantitative estimate of drug-likeness (QED) is 0.179. The fourth-order valence-electron chi connectivity index (χ4n) is 7.71. The molecule has 9 aromatic rings. The number of imidazole rings is 1. The lowest BCUT2D eigenvalue weighted by Gasteiger charge is -2.24. The van der Waals surface area contributed by atoms with Gasteiger partial charge in [0.2, 0.25) is 0 Å². The standard InChI is InChI=1S/C44H35N3O/c1-26(2)34-24-30(28-13-6-5-7-14-28)25-35(27(3)4)42(34)47-40-20-11-9-18-37(40)45-44(47)29-21-22-39-36(23-29)43(48)33-17-12-16-32-31-15-8-10-19-38(31)46(39)41(32)33/h5-27H,1-4H3. The van der Waals surface area contributed by atoms with Crippen LogP contribution in [0, 0.1) is 0 Å². The van der Waals surface area contributed by atoms with Crippen molar-refractivity contribution in [2.75, 3.05) is 0 Å². The second kappa shape index (κ2) is 10.6. The second-order valence-corrected chi connectivity index (χ2v) is 13.6. The third kappa shape index (κ3) is 4.08. The first-order valence-corrected chi connectivity index (χ1v) is 16.8. The molecule has 0 N–H and O–H groups in total. The normalized spacial score (nSPS) is 12.2. The molecule has 3 aromatic heterocycles. The van der Waals surface area contributed by atoms with Crippen molar-refractivity contribution in [3.8, 4) is 28.2 Å². The van der Waals surface area contributed by atoms with Gasteiger partial charge in [-0.2, -0.15) is 0 Å². The monoisotopic (exact) mass is 621 g/mol. The van der Waals surface area contributed by atoms with Crippen LogP contribution in [0.15, 0.2) is 132 Å². The Morgan fingerprint density at radius 1 is 0.521 bits per heavy atom. The Labute approximate surface area is 278 Å². The fraction of sp³-hybridized carbons (Fsp3) is 0.136. The van der Waals surface area contributed by atoms with Crippen LogP contribution in [0.2, 0.25) is 0 Å². The lowest BCUT2D eigenvalue weighted by molar-refractivity contribution is 0.811. The average Bonchev–Trinajstić information content (AvgIpc) is 3.67. The summed E-state index contributed by atoms with van der Waals surface area (Å²) in [6, 6.07) is 44.6. The first kappa shape index (κ1) is 28.5. The molecule has 48 heavy (non-hydrogen) atoms. The van der Waals surface area contributed by atoms with E-state index in [1.54, 1.807) is 0 Å². The number of para-hydroxylation sites is 4. The second-order valence-electron chi connectivity index (χ2n) is 13.6. The van der Waals surface area contributed by atoms with E-state index in [2.05, 4.69) is 146 Å². The summed E-state index contributed by atoms with van der Waals surface area (Å²) in [5.74, 6) is 1.37. The van der Waals surface area contributed by atoms with Crippen molar-refractivity contribution in [1.29, 1.82) is 0 Å². The topological polar surface area (TPSA) is 39.3 Å². The summed E-state index contributed by atoms with van der Waals surface area (Å²) >= 11 is 0. The minimum absolute atomic E-state index is 0.0494. The summed E-state index contributed by atoms with van der Waals surface area (Å²) < 4.78 is 4.61. The number of fused-ring (bicyclic) bond motifs is 6. The van der Waals surface area contributed by atoms with Crippen LogP contribution in [0.4, 0.5) is 0 Å². The smallest absolute Gasteiger partial charge is 0.197 e. The van der Waals surface area contributed by atoms with Gasteiger partial charge in [0.15, 0.2) is 5.43 Å². The molecule has 3 heterocycles. The molecule has 0 saturated heterocycles. The molecule has 9 rings (SSSR count). The lowest BCUT2D eigenvalue weighted by atomic mass is 9.88. The lowest BCUT2D eigenvalue weighted by Crippen LogP contribution is -2.10. The van der Waals surface area contributed by atoms with Crippen molar-refractivity contribution >= 4 is 49.1 Å². The molecule has 4 heteroatoms. The maximum atomic E-state index is 14.3. The predicted molar refractivity (Wildman–Crippen MR) is 201 cm³/mol. The largest absolute Gasteiger partial charge is 0.308 e. The van der Waals surface area contributed by atoms with Crippen LogP contribution in [-0.2, 0) is 0 Å². The summed E-state index contributed by atoms with van der Waals surface area (Å²) in [5.41, 5.74) is 12.1. The van der Waals surface area contributed by atoms with Gasteiger partial charge in [-0.3, -0.25) is 9.36 Å². The Balaban J connectivity index is 1.37. The number of benzene rings is 6. The Kier molecular flexibility index (Phi) is 6.32. The number of hydrogen-bond acceptors (Lipinski definition) is 2. The zero-order chi connectivity index (χ0) is 32.7. The minimum atomic E-state index is 0.0494. The van der Waals surface area contributed by atoms with E-state index in [1.165, 1.54) is 27.9 Å². The predicted octanol–water partition coefficient (Wildman–Crippen LogP) is 11.1. The van der Waals surface area contributed by atoms with Gasteiger partial charge >= 0.3 is 0 Å². The number of hydrogen-bond donors (Lipinski definition) is 0. The maximum Gasteiger partial charge on any atom is 0.197 e. The maximum absolute atomic E-state index is 14.3. The van der Waals surface area contributed by atoms with Crippen molar-refractivity contribution in [3.05, 3.63) is 149 Å². The van der Waals surface area contributed by atoms with Gasteiger partial charge in [0, 0.05) is 27.1 Å². The molecule has 6 aromatic carbocycles. The van der Waals surface area contributed by atoms with Gasteiger partial charge in [-0.25, -0.2) is 4.98 Å². The van der Waals surface area contributed by atoms with Crippen molar-refractivity contribution in [2.24, 2.45) is 0 Å². The zero-order valence-electron chi connectivity index (χ0n) is 27.5. The highest BCUT2D eigenvalue weighted by Crippen LogP contribution is 2.41. The van der Waals surface area contributed by atoms with Crippen molar-refractivity contribution in [3.63, 3.8) is 0 Å². The number of nitrogens with zero attached hydrogens (tertiary/aromatic N) is 3. The first-order valence-electron chi connectivity index (χ1n) is 16.8. The number of rotatable bonds is 5. The van der Waals surface area contributed by atoms with E-state index >= 15 is 0 Å². The van der Waals surface area contributed by atoms with E-state index in [-0.39, 0.29) is 17.3 Å². The highest BCUT2D eigenvalue weighted by atomic mass is 16.1. The highest BCUT2D eigenvalue weighted by molar-refractivity contribution is 6.17. The number of pyridine rings is 1. The zero-order valence-corrected chi connectivity index (χ0v) is 27.5. The molecule has 0 unspecified atom stereocenters. The molecule has 0 saturated carbocycles. The van der Waals surface area contributed by atoms with Gasteiger partial charge in [-0.05, 0) is 88.7 Å². The third-order valence-electron chi connectivity index (χ3n) is 9.98. The molecular weight excluding hydrogens is 587 g/mol. The minimum Gasteiger partial charge on any atom is -0.308 e. The molecule has 0 radical (unpaired) electrons. The summed E-state index contributed by atoms with van der Waals surface area (Å²) in [6.07, 6.45) is 0. The Hall–Kier alpha value is -5.74. The van der Waals surface area contributed by atoms with Gasteiger partial charge in [-0.1, -0.05) is 100 Å². The molecule has 232 valence electrons. The molecular formula is C44H35N3O. The molecule has 0 aliphatic rings. The molecule has 4 nitrogen and oxygen atoms in total. The number of aromatic nitrogens is 3. The van der Waals surface area contributed by atoms with Crippen LogP contribution < -0.4 is 5.43 Å². The Morgan fingerprint density at radius 3 is 1.90 bits per heavy atom. The van der Waals surface area contributed by atoms with Gasteiger partial charge in [0.05, 0.1) is 33.3 Å². The van der Waals surface area contributed by atoms with Crippen LogP contribution in [0.25, 0.3) is 77.3 Å². The molecule has 0 atom stereocenters. The Bertz CT molecular complexity index is 2720. The first-order chi connectivity index (χ1) is 23.4. The summed E-state index contributed by atoms with van der Waals surface area (Å²) in [7, 11) is 0. The summed E-state index contributed by atoms with van der Waals surface area (Å²) in [4.78, 5) is 19.6. The van der Waals surface area contributed by atoms with Crippen LogP contribution in [0.1, 0.15) is 50.7 Å². The molecule has 0 spiro atoms. The van der Waals surface area contributed by atoms with E-state index in [0.717, 1.165) is 55.1 Å². The van der Waals surface area contributed by atoms with E-state index in [1.807, 2.05) is 18.2 Å². The third-order valence-corrected chi connectivity index (χ3v) is 9.98. The summed E-state index contributed by atoms with van der Waals surface area (Å²) in [5, 5.41) is 3.69. The summed E-state index contributed by atoms with van der Waals surface area (Å²) in [6.45, 7) is 9.09. The SMILES string of the molecule is CC(C)c1cc(-c2ccccc2)cc(C(C)C)c1-n1c(-c2ccc3c(c2)c(=O)c2cccc4c5ccccc5n3c24)nc2ccccc21. The molecule has 0 bridgehead atoms. The molecule has 0 aliphatic carbocycles. The molecule has 0 aliphatic heterocycles. The van der Waals surface area contributed by atoms with Crippen molar-refractivity contribution in [1.82, 2.24) is 14.0 Å². The van der Waals surface area contributed by atoms with E-state index in [0.29, 0.717) is 5.39 Å². The fourth-order valence-corrected chi connectivity index (χ4v) is 7.71. The van der Waals surface area contributed by atoms with Crippen LogP contribution in [0.5, 0.6) is 0 Å². The van der Waals surface area contributed by atoms with E-state index < -0.39 is 0 Å². The van der Waals surface area contributed by atoms with Crippen LogP contribution in [0.3, 0.4) is 0 Å². The molecule has 0 amide bonds.